The maximum atomic E-state index is 11.3. The summed E-state index contributed by atoms with van der Waals surface area (Å²) in [5, 5.41) is 4.53. The van der Waals surface area contributed by atoms with E-state index in [0.717, 1.165) is 29.9 Å². The Bertz CT molecular complexity index is 998. The van der Waals surface area contributed by atoms with Gasteiger partial charge in [0.05, 0.1) is 0 Å². The van der Waals surface area contributed by atoms with Crippen LogP contribution in [0.4, 0.5) is 0 Å². The number of nitrogens with two attached hydrogens (primary N) is 1. The number of hydrogen-bond donors (Lipinski definition) is 3. The maximum Gasteiger partial charge on any atom is 0.248 e. The van der Waals surface area contributed by atoms with E-state index in [2.05, 4.69) is 40.3 Å². The molecule has 5 heteroatoms. The number of carbonyl (C=O) groups excluding carboxylic acids is 1. The van der Waals surface area contributed by atoms with Crippen molar-refractivity contribution in [1.29, 1.82) is 0 Å². The molecule has 1 aliphatic rings. The fourth-order valence-corrected chi connectivity index (χ4v) is 4.45. The number of nitrogens with one attached hydrogen (secondary N) is 2. The molecule has 29 heavy (non-hydrogen) atoms. The minimum absolute atomic E-state index is 0.397. The van der Waals surface area contributed by atoms with E-state index in [-0.39, 0.29) is 0 Å². The van der Waals surface area contributed by atoms with Crippen molar-refractivity contribution in [3.05, 3.63) is 59.2 Å². The summed E-state index contributed by atoms with van der Waals surface area (Å²) in [6.07, 6.45) is 2.44. The highest BCUT2D eigenvalue weighted by molar-refractivity contribution is 5.94. The zero-order chi connectivity index (χ0) is 20.4. The second-order valence-corrected chi connectivity index (χ2v) is 8.09. The van der Waals surface area contributed by atoms with Gasteiger partial charge in [0.15, 0.2) is 0 Å². The first-order valence-corrected chi connectivity index (χ1v) is 10.5. The van der Waals surface area contributed by atoms with E-state index in [4.69, 9.17) is 5.73 Å². The first-order valence-electron chi connectivity index (χ1n) is 10.5. The zero-order valence-corrected chi connectivity index (χ0v) is 17.3. The maximum absolute atomic E-state index is 11.3. The Labute approximate surface area is 172 Å². The average Bonchev–Trinajstić information content (AvgIpc) is 3.08. The van der Waals surface area contributed by atoms with Crippen LogP contribution in [0.25, 0.3) is 22.2 Å². The van der Waals surface area contributed by atoms with Crippen molar-refractivity contribution in [2.24, 2.45) is 5.73 Å². The fourth-order valence-electron chi connectivity index (χ4n) is 4.45. The van der Waals surface area contributed by atoms with Crippen LogP contribution in [-0.4, -0.2) is 49.0 Å². The quantitative estimate of drug-likeness (QED) is 0.602. The lowest BCUT2D eigenvalue weighted by Crippen LogP contribution is -2.37. The molecule has 1 fully saturated rings. The van der Waals surface area contributed by atoms with Crippen LogP contribution in [-0.2, 0) is 0 Å². The predicted molar refractivity (Wildman–Crippen MR) is 119 cm³/mol. The largest absolute Gasteiger partial charge is 0.366 e. The monoisotopic (exact) mass is 390 g/mol. The second kappa shape index (κ2) is 8.39. The Kier molecular flexibility index (Phi) is 5.69. The SMILES string of the molecule is CNCCN1CCC(c2ccc3[nH]c(-c4ccc(C(N)=O)cc4)c(C)c3c2)CC1. The second-order valence-electron chi connectivity index (χ2n) is 8.09. The molecule has 5 nitrogen and oxygen atoms in total. The van der Waals surface area contributed by atoms with Crippen molar-refractivity contribution in [3.8, 4) is 11.3 Å². The molecule has 4 rings (SSSR count). The van der Waals surface area contributed by atoms with Crippen molar-refractivity contribution < 1.29 is 4.79 Å². The smallest absolute Gasteiger partial charge is 0.248 e. The number of rotatable bonds is 6. The molecule has 0 aliphatic carbocycles. The Hall–Kier alpha value is -2.63. The van der Waals surface area contributed by atoms with Gasteiger partial charge in [0.25, 0.3) is 0 Å². The van der Waals surface area contributed by atoms with Gasteiger partial charge in [-0.25, -0.2) is 0 Å². The number of likely N-dealkylation sites (N-methyl/N-ethyl adjacent to an activating group) is 1. The number of aryl methyl sites for hydroxylation is 1. The van der Waals surface area contributed by atoms with Crippen molar-refractivity contribution >= 4 is 16.8 Å². The number of piperidine rings is 1. The lowest BCUT2D eigenvalue weighted by Gasteiger charge is -2.32. The van der Waals surface area contributed by atoms with Crippen LogP contribution in [0.15, 0.2) is 42.5 Å². The van der Waals surface area contributed by atoms with Gasteiger partial charge in [0.1, 0.15) is 0 Å². The Morgan fingerprint density at radius 2 is 1.90 bits per heavy atom. The van der Waals surface area contributed by atoms with Crippen LogP contribution in [0.5, 0.6) is 0 Å². The van der Waals surface area contributed by atoms with Crippen LogP contribution < -0.4 is 11.1 Å². The van der Waals surface area contributed by atoms with Gasteiger partial charge in [-0.05, 0) is 86.8 Å². The molecule has 0 radical (unpaired) electrons. The predicted octanol–water partition coefficient (Wildman–Crippen LogP) is 3.64. The third-order valence-corrected chi connectivity index (χ3v) is 6.28. The van der Waals surface area contributed by atoms with E-state index >= 15 is 0 Å². The topological polar surface area (TPSA) is 74.2 Å². The molecule has 1 aromatic heterocycles. The van der Waals surface area contributed by atoms with Crippen LogP contribution >= 0.6 is 0 Å². The van der Waals surface area contributed by atoms with E-state index in [1.54, 1.807) is 12.1 Å². The molecule has 0 unspecified atom stereocenters. The summed E-state index contributed by atoms with van der Waals surface area (Å²) in [6, 6.07) is 14.4. The standard InChI is InChI=1S/C24H30N4O/c1-16-21-15-20(17-9-12-28(13-10-17)14-11-26-2)7-8-22(21)27-23(16)18-3-5-19(6-4-18)24(25)29/h3-8,15,17,26-27H,9-14H2,1-2H3,(H2,25,29). The number of aromatic nitrogens is 1. The number of H-pyrrole nitrogens is 1. The summed E-state index contributed by atoms with van der Waals surface area (Å²) in [5.74, 6) is 0.240. The molecule has 1 amide bonds. The highest BCUT2D eigenvalue weighted by Gasteiger charge is 2.21. The van der Waals surface area contributed by atoms with Gasteiger partial charge in [0, 0.05) is 35.2 Å². The molecule has 2 heterocycles. The molecule has 0 atom stereocenters. The summed E-state index contributed by atoms with van der Waals surface area (Å²) >= 11 is 0. The van der Waals surface area contributed by atoms with E-state index in [9.17, 15) is 4.79 Å². The molecule has 0 bridgehead atoms. The molecule has 152 valence electrons. The number of aromatic amines is 1. The van der Waals surface area contributed by atoms with Crippen LogP contribution in [0.1, 0.15) is 40.2 Å². The number of fused-ring (bicyclic) bond motifs is 1. The molecule has 1 aliphatic heterocycles. The van der Waals surface area contributed by atoms with E-state index in [1.165, 1.54) is 42.4 Å². The Balaban J connectivity index is 1.56. The molecule has 2 aromatic carbocycles. The zero-order valence-electron chi connectivity index (χ0n) is 17.3. The van der Waals surface area contributed by atoms with Gasteiger partial charge in [-0.3, -0.25) is 4.79 Å². The average molecular weight is 391 g/mol. The first-order chi connectivity index (χ1) is 14.1. The van der Waals surface area contributed by atoms with Gasteiger partial charge in [0.2, 0.25) is 5.91 Å². The number of amides is 1. The fraction of sp³-hybridized carbons (Fsp3) is 0.375. The van der Waals surface area contributed by atoms with E-state index < -0.39 is 5.91 Å². The number of benzene rings is 2. The molecule has 3 aromatic rings. The summed E-state index contributed by atoms with van der Waals surface area (Å²) in [5.41, 5.74) is 11.9. The van der Waals surface area contributed by atoms with Gasteiger partial charge >= 0.3 is 0 Å². The van der Waals surface area contributed by atoms with Crippen LogP contribution in [0.2, 0.25) is 0 Å². The minimum Gasteiger partial charge on any atom is -0.366 e. The molecule has 1 saturated heterocycles. The van der Waals surface area contributed by atoms with Crippen molar-refractivity contribution in [3.63, 3.8) is 0 Å². The van der Waals surface area contributed by atoms with Crippen molar-refractivity contribution in [2.45, 2.75) is 25.7 Å². The van der Waals surface area contributed by atoms with E-state index in [0.29, 0.717) is 11.5 Å². The number of nitrogens with zero attached hydrogens (tertiary/aromatic N) is 1. The number of hydrogen-bond acceptors (Lipinski definition) is 3. The van der Waals surface area contributed by atoms with Crippen molar-refractivity contribution in [1.82, 2.24) is 15.2 Å². The molecule has 0 saturated carbocycles. The molecule has 0 spiro atoms. The number of primary amides is 1. The van der Waals surface area contributed by atoms with Crippen LogP contribution in [0.3, 0.4) is 0 Å². The van der Waals surface area contributed by atoms with Crippen LogP contribution in [0, 0.1) is 6.92 Å². The summed E-state index contributed by atoms with van der Waals surface area (Å²) < 4.78 is 0. The summed E-state index contributed by atoms with van der Waals surface area (Å²) in [6.45, 7) is 6.71. The van der Waals surface area contributed by atoms with Crippen molar-refractivity contribution in [2.75, 3.05) is 33.2 Å². The van der Waals surface area contributed by atoms with Gasteiger partial charge < -0.3 is 20.9 Å². The highest BCUT2D eigenvalue weighted by Crippen LogP contribution is 2.34. The third kappa shape index (κ3) is 4.07. The third-order valence-electron chi connectivity index (χ3n) is 6.28. The summed E-state index contributed by atoms with van der Waals surface area (Å²) in [4.78, 5) is 17.4. The normalized spacial score (nSPS) is 15.8. The van der Waals surface area contributed by atoms with Gasteiger partial charge in [-0.2, -0.15) is 0 Å². The first kappa shape index (κ1) is 19.7. The lowest BCUT2D eigenvalue weighted by molar-refractivity contribution is 0.100. The van der Waals surface area contributed by atoms with E-state index in [1.807, 2.05) is 19.2 Å². The summed E-state index contributed by atoms with van der Waals surface area (Å²) in [7, 11) is 2.02. The highest BCUT2D eigenvalue weighted by atomic mass is 16.1. The Morgan fingerprint density at radius 1 is 1.17 bits per heavy atom. The lowest BCUT2D eigenvalue weighted by atomic mass is 9.88. The minimum atomic E-state index is -0.397. The molecule has 4 N–H and O–H groups in total. The Morgan fingerprint density at radius 3 is 2.55 bits per heavy atom. The van der Waals surface area contributed by atoms with Gasteiger partial charge in [-0.15, -0.1) is 0 Å². The molecular formula is C24H30N4O. The number of carbonyl (C=O) groups is 1. The molecular weight excluding hydrogens is 360 g/mol. The number of likely N-dealkylation sites (tertiary alicyclic amines) is 1. The van der Waals surface area contributed by atoms with Gasteiger partial charge in [-0.1, -0.05) is 18.2 Å².